The van der Waals surface area contributed by atoms with Crippen LogP contribution in [0.3, 0.4) is 0 Å². The lowest BCUT2D eigenvalue weighted by atomic mass is 9.88. The molecule has 5 nitrogen and oxygen atoms in total. The number of aliphatic hydroxyl groups excluding tert-OH is 1. The van der Waals surface area contributed by atoms with Gasteiger partial charge in [0.15, 0.2) is 5.78 Å². The molecule has 0 aromatic rings. The first-order valence-electron chi connectivity index (χ1n) is 7.79. The van der Waals surface area contributed by atoms with Crippen LogP contribution in [-0.2, 0) is 14.4 Å². The van der Waals surface area contributed by atoms with Gasteiger partial charge in [-0.25, -0.2) is 0 Å². The summed E-state index contributed by atoms with van der Waals surface area (Å²) in [6.07, 6.45) is 7.02. The fraction of sp³-hybridized carbons (Fsp3) is 0.688. The molecule has 1 N–H and O–H groups in total. The maximum Gasteiger partial charge on any atom is 0.268 e. The van der Waals surface area contributed by atoms with Gasteiger partial charge in [-0.3, -0.25) is 19.3 Å². The second-order valence-corrected chi connectivity index (χ2v) is 6.96. The van der Waals surface area contributed by atoms with Gasteiger partial charge in [0.1, 0.15) is 17.4 Å². The van der Waals surface area contributed by atoms with E-state index in [0.29, 0.717) is 12.2 Å². The highest BCUT2D eigenvalue weighted by Crippen LogP contribution is 2.32. The zero-order valence-electron chi connectivity index (χ0n) is 13.1. The van der Waals surface area contributed by atoms with E-state index in [0.717, 1.165) is 37.0 Å². The van der Waals surface area contributed by atoms with Crippen LogP contribution in [0.4, 0.5) is 0 Å². The molecule has 122 valence electrons. The maximum atomic E-state index is 12.7. The number of imide groups is 1. The summed E-state index contributed by atoms with van der Waals surface area (Å²) in [4.78, 5) is 38.8. The summed E-state index contributed by atoms with van der Waals surface area (Å²) in [5.74, 6) is -1.03. The zero-order chi connectivity index (χ0) is 16.3. The molecule has 0 bridgehead atoms. The Hall–Kier alpha value is -1.30. The van der Waals surface area contributed by atoms with Crippen LogP contribution in [0.1, 0.15) is 45.4 Å². The number of Topliss-reactive ketones (excluding diaryl/α,β-unsaturated/α-hetero) is 1. The first kappa shape index (κ1) is 17.1. The molecule has 2 rings (SSSR count). The molecule has 0 spiro atoms. The molecule has 1 saturated heterocycles. The Morgan fingerprint density at radius 2 is 1.91 bits per heavy atom. The van der Waals surface area contributed by atoms with E-state index in [9.17, 15) is 19.5 Å². The summed E-state index contributed by atoms with van der Waals surface area (Å²) in [6.45, 7) is 1.32. The Labute approximate surface area is 135 Å². The van der Waals surface area contributed by atoms with Gasteiger partial charge in [0, 0.05) is 5.92 Å². The predicted octanol–water partition coefficient (Wildman–Crippen LogP) is 2.46. The van der Waals surface area contributed by atoms with Gasteiger partial charge in [-0.15, -0.1) is 0 Å². The number of hydrogen-bond acceptors (Lipinski definition) is 5. The minimum absolute atomic E-state index is 0.166. The highest BCUT2D eigenvalue weighted by atomic mass is 32.2. The number of nitrogens with zero attached hydrogens (tertiary/aromatic N) is 1. The molecule has 6 heteroatoms. The van der Waals surface area contributed by atoms with Crippen LogP contribution >= 0.6 is 11.8 Å². The summed E-state index contributed by atoms with van der Waals surface area (Å²) >= 11 is 1.57. The molecule has 1 unspecified atom stereocenters. The molecule has 0 radical (unpaired) electrons. The summed E-state index contributed by atoms with van der Waals surface area (Å²) in [7, 11) is 0. The van der Waals surface area contributed by atoms with E-state index in [1.807, 2.05) is 6.26 Å². The first-order chi connectivity index (χ1) is 10.5. The van der Waals surface area contributed by atoms with Crippen molar-refractivity contribution in [3.05, 3.63) is 11.3 Å². The Kier molecular flexibility index (Phi) is 5.67. The Balaban J connectivity index is 2.28. The monoisotopic (exact) mass is 325 g/mol. The predicted molar refractivity (Wildman–Crippen MR) is 85.6 cm³/mol. The molecule has 2 aliphatic rings. The SMILES string of the molecule is CSCCC1C(=O)/C(=C(\C)O)C(=O)N1C(=O)C1CCCCC1. The lowest BCUT2D eigenvalue weighted by Crippen LogP contribution is -2.44. The number of rotatable bonds is 4. The van der Waals surface area contributed by atoms with Crippen molar-refractivity contribution >= 4 is 29.4 Å². The van der Waals surface area contributed by atoms with Gasteiger partial charge in [0.2, 0.25) is 5.91 Å². The number of carbonyl (C=O) groups excluding carboxylic acids is 3. The molecule has 2 fully saturated rings. The maximum absolute atomic E-state index is 12.7. The number of amides is 2. The van der Waals surface area contributed by atoms with Gasteiger partial charge >= 0.3 is 0 Å². The lowest BCUT2D eigenvalue weighted by Gasteiger charge is -2.28. The van der Waals surface area contributed by atoms with Gasteiger partial charge < -0.3 is 5.11 Å². The van der Waals surface area contributed by atoms with Crippen molar-refractivity contribution in [2.75, 3.05) is 12.0 Å². The van der Waals surface area contributed by atoms with E-state index in [4.69, 9.17) is 0 Å². The molecular formula is C16H23NO4S. The smallest absolute Gasteiger partial charge is 0.268 e. The van der Waals surface area contributed by atoms with Crippen molar-refractivity contribution in [2.45, 2.75) is 51.5 Å². The van der Waals surface area contributed by atoms with E-state index in [1.165, 1.54) is 6.92 Å². The van der Waals surface area contributed by atoms with Crippen LogP contribution in [0.15, 0.2) is 11.3 Å². The highest BCUT2D eigenvalue weighted by Gasteiger charge is 2.48. The fourth-order valence-electron chi connectivity index (χ4n) is 3.27. The molecule has 1 saturated carbocycles. The molecule has 1 heterocycles. The molecule has 1 aliphatic heterocycles. The molecule has 0 aromatic carbocycles. The topological polar surface area (TPSA) is 74.7 Å². The molecule has 0 aromatic heterocycles. The van der Waals surface area contributed by atoms with Crippen LogP contribution in [-0.4, -0.2) is 45.7 Å². The second kappa shape index (κ2) is 7.31. The average molecular weight is 325 g/mol. The Morgan fingerprint density at radius 3 is 2.45 bits per heavy atom. The number of hydrogen-bond donors (Lipinski definition) is 1. The minimum Gasteiger partial charge on any atom is -0.512 e. The number of thioether (sulfide) groups is 1. The van der Waals surface area contributed by atoms with Crippen molar-refractivity contribution in [1.82, 2.24) is 4.90 Å². The summed E-state index contributed by atoms with van der Waals surface area (Å²) in [5, 5.41) is 9.64. The van der Waals surface area contributed by atoms with Crippen LogP contribution in [0.25, 0.3) is 0 Å². The van der Waals surface area contributed by atoms with Gasteiger partial charge in [-0.1, -0.05) is 19.3 Å². The molecule has 22 heavy (non-hydrogen) atoms. The van der Waals surface area contributed by atoms with E-state index in [2.05, 4.69) is 0 Å². The standard InChI is InChI=1S/C16H23NO4S/c1-10(18)13-14(19)12(8-9-22-2)17(16(13)21)15(20)11-6-4-3-5-7-11/h11-12,18H,3-9H2,1-2H3/b13-10-. The number of likely N-dealkylation sites (tertiary alicyclic amines) is 1. The van der Waals surface area contributed by atoms with Crippen molar-refractivity contribution in [2.24, 2.45) is 5.92 Å². The van der Waals surface area contributed by atoms with Crippen LogP contribution in [0, 0.1) is 5.92 Å². The summed E-state index contributed by atoms with van der Waals surface area (Å²) in [6, 6.07) is -0.744. The third kappa shape index (κ3) is 3.21. The largest absolute Gasteiger partial charge is 0.512 e. The summed E-state index contributed by atoms with van der Waals surface area (Å²) < 4.78 is 0. The third-order valence-electron chi connectivity index (χ3n) is 4.44. The molecule has 1 aliphatic carbocycles. The normalized spacial score (nSPS) is 25.7. The lowest BCUT2D eigenvalue weighted by molar-refractivity contribution is -0.147. The van der Waals surface area contributed by atoms with Crippen LogP contribution in [0.5, 0.6) is 0 Å². The van der Waals surface area contributed by atoms with Gasteiger partial charge in [-0.2, -0.15) is 11.8 Å². The van der Waals surface area contributed by atoms with E-state index < -0.39 is 17.7 Å². The Morgan fingerprint density at radius 1 is 1.27 bits per heavy atom. The molecular weight excluding hydrogens is 302 g/mol. The van der Waals surface area contributed by atoms with Gasteiger partial charge in [0.05, 0.1) is 0 Å². The molecule has 1 atom stereocenters. The van der Waals surface area contributed by atoms with Crippen molar-refractivity contribution < 1.29 is 19.5 Å². The van der Waals surface area contributed by atoms with Gasteiger partial charge in [-0.05, 0) is 38.2 Å². The number of aliphatic hydroxyl groups is 1. The third-order valence-corrected chi connectivity index (χ3v) is 5.09. The van der Waals surface area contributed by atoms with E-state index in [-0.39, 0.29) is 23.2 Å². The summed E-state index contributed by atoms with van der Waals surface area (Å²) in [5.41, 5.74) is -0.213. The fourth-order valence-corrected chi connectivity index (χ4v) is 3.73. The average Bonchev–Trinajstić information content (AvgIpc) is 2.75. The number of allylic oxidation sites excluding steroid dienone is 1. The van der Waals surface area contributed by atoms with Crippen molar-refractivity contribution in [3.8, 4) is 0 Å². The first-order valence-corrected chi connectivity index (χ1v) is 9.18. The van der Waals surface area contributed by atoms with E-state index >= 15 is 0 Å². The number of carbonyl (C=O) groups is 3. The second-order valence-electron chi connectivity index (χ2n) is 5.97. The van der Waals surface area contributed by atoms with Crippen LogP contribution < -0.4 is 0 Å². The zero-order valence-corrected chi connectivity index (χ0v) is 13.9. The van der Waals surface area contributed by atoms with Crippen molar-refractivity contribution in [1.29, 1.82) is 0 Å². The quantitative estimate of drug-likeness (QED) is 0.372. The number of ketones is 1. The van der Waals surface area contributed by atoms with Gasteiger partial charge in [0.25, 0.3) is 5.91 Å². The van der Waals surface area contributed by atoms with Crippen LogP contribution in [0.2, 0.25) is 0 Å². The van der Waals surface area contributed by atoms with Crippen molar-refractivity contribution in [3.63, 3.8) is 0 Å². The van der Waals surface area contributed by atoms with E-state index in [1.54, 1.807) is 11.8 Å². The minimum atomic E-state index is -0.744. The highest BCUT2D eigenvalue weighted by molar-refractivity contribution is 7.98. The molecule has 2 amide bonds. The Bertz CT molecular complexity index is 504.